The van der Waals surface area contributed by atoms with E-state index in [0.717, 1.165) is 5.56 Å². The third kappa shape index (κ3) is 6.84. The monoisotopic (exact) mass is 525 g/mol. The molecule has 2 N–H and O–H groups in total. The predicted molar refractivity (Wildman–Crippen MR) is 143 cm³/mol. The van der Waals surface area contributed by atoms with Crippen molar-refractivity contribution in [2.45, 2.75) is 39.2 Å². The number of allylic oxidation sites excluding steroid dienone is 2. The van der Waals surface area contributed by atoms with E-state index in [2.05, 4.69) is 16.7 Å². The number of halogens is 1. The van der Waals surface area contributed by atoms with Crippen LogP contribution in [0.2, 0.25) is 5.02 Å². The van der Waals surface area contributed by atoms with Gasteiger partial charge < -0.3 is 20.1 Å². The number of hydrogen-bond donors (Lipinski definition) is 2. The van der Waals surface area contributed by atoms with Gasteiger partial charge in [-0.3, -0.25) is 4.79 Å². The van der Waals surface area contributed by atoms with Crippen LogP contribution in [0.5, 0.6) is 5.75 Å². The molecular formula is C27H28ClN3O4S. The molecule has 0 spiro atoms. The van der Waals surface area contributed by atoms with Gasteiger partial charge in [0.2, 0.25) is 5.91 Å². The second-order valence-electron chi connectivity index (χ2n) is 9.07. The van der Waals surface area contributed by atoms with Gasteiger partial charge in [-0.1, -0.05) is 35.5 Å². The zero-order valence-electron chi connectivity index (χ0n) is 20.8. The van der Waals surface area contributed by atoms with Crippen LogP contribution in [-0.2, 0) is 14.3 Å². The molecule has 1 atom stereocenters. The molecular weight excluding hydrogens is 498 g/mol. The average Bonchev–Trinajstić information content (AvgIpc) is 2.82. The van der Waals surface area contributed by atoms with Gasteiger partial charge in [0.25, 0.3) is 0 Å². The molecule has 3 rings (SSSR count). The van der Waals surface area contributed by atoms with Gasteiger partial charge in [-0.15, -0.1) is 0 Å². The Bertz CT molecular complexity index is 1240. The van der Waals surface area contributed by atoms with Crippen molar-refractivity contribution >= 4 is 40.9 Å². The van der Waals surface area contributed by atoms with Crippen molar-refractivity contribution in [2.24, 2.45) is 0 Å². The summed E-state index contributed by atoms with van der Waals surface area (Å²) < 4.78 is 10.8. The first kappa shape index (κ1) is 27.2. The molecule has 0 saturated carbocycles. The summed E-state index contributed by atoms with van der Waals surface area (Å²) in [5.74, 6) is -0.674. The highest BCUT2D eigenvalue weighted by Crippen LogP contribution is 2.41. The maximum atomic E-state index is 13.2. The highest BCUT2D eigenvalue weighted by atomic mass is 35.5. The largest absolute Gasteiger partial charge is 0.497 e. The molecule has 1 aliphatic rings. The van der Waals surface area contributed by atoms with Gasteiger partial charge in [0.15, 0.2) is 0 Å². The van der Waals surface area contributed by atoms with E-state index in [1.807, 2.05) is 0 Å². The van der Waals surface area contributed by atoms with Gasteiger partial charge in [0.1, 0.15) is 11.4 Å². The number of anilines is 1. The van der Waals surface area contributed by atoms with Crippen LogP contribution in [0.1, 0.15) is 39.2 Å². The predicted octanol–water partition coefficient (Wildman–Crippen LogP) is 5.76. The molecule has 0 aromatic heterocycles. The molecule has 1 aliphatic heterocycles. The summed E-state index contributed by atoms with van der Waals surface area (Å²) in [5, 5.41) is 17.2. The summed E-state index contributed by atoms with van der Waals surface area (Å²) in [5.41, 5.74) is 1.87. The zero-order valence-corrected chi connectivity index (χ0v) is 22.3. The van der Waals surface area contributed by atoms with Gasteiger partial charge in [0, 0.05) is 16.4 Å². The van der Waals surface area contributed by atoms with Crippen LogP contribution < -0.4 is 15.4 Å². The van der Waals surface area contributed by atoms with E-state index in [1.54, 1.807) is 83.3 Å². The minimum absolute atomic E-state index is 0.0575. The van der Waals surface area contributed by atoms with Gasteiger partial charge >= 0.3 is 5.97 Å². The number of esters is 1. The molecule has 2 aromatic carbocycles. The maximum absolute atomic E-state index is 13.2. The van der Waals surface area contributed by atoms with Crippen LogP contribution >= 0.6 is 23.4 Å². The number of thioether (sulfide) groups is 1. The van der Waals surface area contributed by atoms with Crippen LogP contribution in [0.15, 0.2) is 70.4 Å². The summed E-state index contributed by atoms with van der Waals surface area (Å²) in [6.45, 7) is 7.13. The van der Waals surface area contributed by atoms with Crippen molar-refractivity contribution in [1.82, 2.24) is 5.32 Å². The number of ether oxygens (including phenoxy) is 2. The van der Waals surface area contributed by atoms with Crippen molar-refractivity contribution < 1.29 is 19.1 Å². The number of hydrogen-bond acceptors (Lipinski definition) is 7. The Kier molecular flexibility index (Phi) is 8.72. The summed E-state index contributed by atoms with van der Waals surface area (Å²) >= 11 is 7.28. The normalized spacial score (nSPS) is 15.6. The molecule has 0 saturated heterocycles. The van der Waals surface area contributed by atoms with Crippen molar-refractivity contribution in [3.63, 3.8) is 0 Å². The number of carbonyl (C=O) groups is 2. The molecule has 1 heterocycles. The Balaban J connectivity index is 1.88. The van der Waals surface area contributed by atoms with E-state index < -0.39 is 17.5 Å². The number of nitrogens with zero attached hydrogens (tertiary/aromatic N) is 1. The SMILES string of the molecule is COc1ccc(NC(=O)CSC2=C(C#N)[C@@H](c3ccc(Cl)cc3)C(C(=O)OC(C)(C)C)=C(C)N2)cc1. The third-order valence-corrected chi connectivity index (χ3v) is 6.46. The number of methoxy groups -OCH3 is 1. The van der Waals surface area contributed by atoms with Crippen molar-refractivity contribution in [3.05, 3.63) is 81.0 Å². The fourth-order valence-corrected chi connectivity index (χ4v) is 4.65. The highest BCUT2D eigenvalue weighted by molar-refractivity contribution is 8.03. The fraction of sp³-hybridized carbons (Fsp3) is 0.296. The first-order chi connectivity index (χ1) is 17.0. The number of nitriles is 1. The standard InChI is InChI=1S/C27H28ClN3O4S/c1-16-23(26(33)35-27(2,3)4)24(17-6-8-18(28)9-7-17)21(14-29)25(30-16)36-15-22(32)31-19-10-12-20(34-5)13-11-19/h6-13,24,30H,15H2,1-5H3,(H,31,32)/t24-/m1/s1. The van der Waals surface area contributed by atoms with Crippen molar-refractivity contribution in [2.75, 3.05) is 18.2 Å². The second kappa shape index (κ2) is 11.5. The molecule has 7 nitrogen and oxygen atoms in total. The number of carbonyl (C=O) groups excluding carboxylic acids is 2. The minimum Gasteiger partial charge on any atom is -0.497 e. The van der Waals surface area contributed by atoms with E-state index in [4.69, 9.17) is 21.1 Å². The number of benzene rings is 2. The van der Waals surface area contributed by atoms with E-state index in [1.165, 1.54) is 11.8 Å². The number of amides is 1. The number of rotatable bonds is 7. The van der Waals surface area contributed by atoms with Crippen LogP contribution in [0.4, 0.5) is 5.69 Å². The topological polar surface area (TPSA) is 100 Å². The lowest BCUT2D eigenvalue weighted by Crippen LogP contribution is -2.32. The fourth-order valence-electron chi connectivity index (χ4n) is 3.63. The lowest BCUT2D eigenvalue weighted by molar-refractivity contribution is -0.150. The maximum Gasteiger partial charge on any atom is 0.337 e. The summed E-state index contributed by atoms with van der Waals surface area (Å²) in [4.78, 5) is 25.8. The molecule has 0 radical (unpaired) electrons. The highest BCUT2D eigenvalue weighted by Gasteiger charge is 2.37. The van der Waals surface area contributed by atoms with Gasteiger partial charge in [-0.2, -0.15) is 5.26 Å². The van der Waals surface area contributed by atoms with Crippen LogP contribution in [0.25, 0.3) is 0 Å². The first-order valence-electron chi connectivity index (χ1n) is 11.2. The smallest absolute Gasteiger partial charge is 0.337 e. The molecule has 1 amide bonds. The summed E-state index contributed by atoms with van der Waals surface area (Å²) in [6.07, 6.45) is 0. The van der Waals surface area contributed by atoms with Crippen molar-refractivity contribution in [3.8, 4) is 11.8 Å². The molecule has 0 bridgehead atoms. The van der Waals surface area contributed by atoms with E-state index in [0.29, 0.717) is 38.3 Å². The number of dihydropyridines is 1. The van der Waals surface area contributed by atoms with Gasteiger partial charge in [-0.25, -0.2) is 4.79 Å². The van der Waals surface area contributed by atoms with Gasteiger partial charge in [0.05, 0.1) is 41.0 Å². The molecule has 0 fully saturated rings. The number of nitrogens with one attached hydrogen (secondary N) is 2. The molecule has 0 unspecified atom stereocenters. The molecule has 0 aliphatic carbocycles. The summed E-state index contributed by atoms with van der Waals surface area (Å²) in [6, 6.07) is 16.2. The first-order valence-corrected chi connectivity index (χ1v) is 12.6. The van der Waals surface area contributed by atoms with E-state index >= 15 is 0 Å². The Labute approximate surface area is 220 Å². The second-order valence-corrected chi connectivity index (χ2v) is 10.5. The quantitative estimate of drug-likeness (QED) is 0.443. The molecule has 9 heteroatoms. The zero-order chi connectivity index (χ0) is 26.5. The van der Waals surface area contributed by atoms with Crippen LogP contribution in [0.3, 0.4) is 0 Å². The Morgan fingerprint density at radius 3 is 2.33 bits per heavy atom. The summed E-state index contributed by atoms with van der Waals surface area (Å²) in [7, 11) is 1.57. The molecule has 36 heavy (non-hydrogen) atoms. The van der Waals surface area contributed by atoms with E-state index in [9.17, 15) is 14.9 Å². The molecule has 2 aromatic rings. The lowest BCUT2D eigenvalue weighted by Gasteiger charge is -2.31. The van der Waals surface area contributed by atoms with E-state index in [-0.39, 0.29) is 11.7 Å². The Morgan fingerprint density at radius 2 is 1.78 bits per heavy atom. The Morgan fingerprint density at radius 1 is 1.14 bits per heavy atom. The minimum atomic E-state index is -0.708. The lowest BCUT2D eigenvalue weighted by atomic mass is 9.82. The third-order valence-electron chi connectivity index (χ3n) is 5.19. The average molecular weight is 526 g/mol. The van der Waals surface area contributed by atoms with Crippen LogP contribution in [-0.4, -0.2) is 30.3 Å². The van der Waals surface area contributed by atoms with Crippen molar-refractivity contribution in [1.29, 1.82) is 5.26 Å². The Hall–Kier alpha value is -3.41. The van der Waals surface area contributed by atoms with Gasteiger partial charge in [-0.05, 0) is 69.7 Å². The molecule has 188 valence electrons. The van der Waals surface area contributed by atoms with Crippen LogP contribution in [0, 0.1) is 11.3 Å².